The summed E-state index contributed by atoms with van der Waals surface area (Å²) in [5.74, 6) is -0.526. The molecule has 11 nitrogen and oxygen atoms in total. The number of unbranched alkanes of at least 4 members (excludes halogenated alkanes) is 15. The molecule has 0 saturated heterocycles. The molecule has 0 bridgehead atoms. The second kappa shape index (κ2) is 30.0. The predicted octanol–water partition coefficient (Wildman–Crippen LogP) is 7.74. The first-order chi connectivity index (χ1) is 25.7. The van der Waals surface area contributed by atoms with Crippen LogP contribution in [-0.4, -0.2) is 107 Å². The van der Waals surface area contributed by atoms with Crippen LogP contribution in [0.1, 0.15) is 155 Å². The number of amides is 1. The van der Waals surface area contributed by atoms with E-state index in [0.717, 1.165) is 64.2 Å². The zero-order valence-corrected chi connectivity index (χ0v) is 35.7. The summed E-state index contributed by atoms with van der Waals surface area (Å²) in [7, 11) is 1.44. The minimum Gasteiger partial charge on any atom is -0.393 e. The summed E-state index contributed by atoms with van der Waals surface area (Å²) in [6.07, 6.45) is 25.9. The molecule has 0 spiro atoms. The number of aliphatic hydroxyl groups excluding tert-OH is 4. The van der Waals surface area contributed by atoms with E-state index in [-0.39, 0.29) is 37.4 Å². The summed E-state index contributed by atoms with van der Waals surface area (Å²) in [5.41, 5.74) is 0. The van der Waals surface area contributed by atoms with Crippen LogP contribution in [0, 0.1) is 11.8 Å². The molecule has 1 fully saturated rings. The van der Waals surface area contributed by atoms with Gasteiger partial charge in [-0.3, -0.25) is 13.8 Å². The molecule has 1 rings (SSSR count). The van der Waals surface area contributed by atoms with Crippen molar-refractivity contribution in [2.24, 2.45) is 11.8 Å². The molecule has 1 saturated carbocycles. The predicted molar refractivity (Wildman–Crippen MR) is 219 cm³/mol. The lowest BCUT2D eigenvalue weighted by molar-refractivity contribution is -0.870. The van der Waals surface area contributed by atoms with Gasteiger partial charge in [0.2, 0.25) is 5.91 Å². The molecule has 0 radical (unpaired) electrons. The van der Waals surface area contributed by atoms with Crippen molar-refractivity contribution in [2.45, 2.75) is 186 Å². The fourth-order valence-electron chi connectivity index (χ4n) is 7.02. The van der Waals surface area contributed by atoms with E-state index in [1.54, 1.807) is 12.2 Å². The smallest absolute Gasteiger partial charge is 0.393 e. The maximum absolute atomic E-state index is 13.0. The van der Waals surface area contributed by atoms with E-state index in [0.29, 0.717) is 30.3 Å². The standard InChI is InChI=1S/C42H81N2O9P/c1-6-8-10-11-12-13-14-15-16-17-18-23-27-39(46)38(34-53-54(50,51)52-32-31-44(3,4)5)43-42(49)28-24-20-19-22-26-36-37(41(48)33-40(36)47)30-29-35(45)25-21-9-7-2/h23,27,29-30,35-41,45-48H,6-22,24-26,28,31-34H2,1-5H3,(H-,43,49,50,51)/p+1/b27-23+,30-29+/t35-,36+,37+,38-,39+,40-,41+/m0/s1. The molecule has 318 valence electrons. The van der Waals surface area contributed by atoms with Gasteiger partial charge in [-0.15, -0.1) is 0 Å². The minimum atomic E-state index is -4.39. The van der Waals surface area contributed by atoms with Gasteiger partial charge in [0.1, 0.15) is 13.2 Å². The molecule has 1 aliphatic rings. The molecule has 0 aromatic heterocycles. The maximum Gasteiger partial charge on any atom is 0.472 e. The monoisotopic (exact) mass is 790 g/mol. The highest BCUT2D eigenvalue weighted by Crippen LogP contribution is 2.43. The topological polar surface area (TPSA) is 166 Å². The highest BCUT2D eigenvalue weighted by molar-refractivity contribution is 7.47. The number of phosphoric ester groups is 1. The van der Waals surface area contributed by atoms with Crippen molar-refractivity contribution in [3.05, 3.63) is 24.3 Å². The Morgan fingerprint density at radius 1 is 0.815 bits per heavy atom. The van der Waals surface area contributed by atoms with Crippen LogP contribution in [0.15, 0.2) is 24.3 Å². The fourth-order valence-corrected chi connectivity index (χ4v) is 7.75. The number of phosphoric acid groups is 1. The first-order valence-corrected chi connectivity index (χ1v) is 23.0. The third-order valence-corrected chi connectivity index (χ3v) is 11.5. The summed E-state index contributed by atoms with van der Waals surface area (Å²) >= 11 is 0. The molecule has 6 N–H and O–H groups in total. The van der Waals surface area contributed by atoms with Crippen molar-refractivity contribution >= 4 is 13.7 Å². The van der Waals surface area contributed by atoms with Gasteiger partial charge < -0.3 is 35.1 Å². The van der Waals surface area contributed by atoms with Crippen LogP contribution < -0.4 is 5.32 Å². The Bertz CT molecular complexity index is 1050. The number of likely N-dealkylation sites (N-methyl/N-ethyl adjacent to an activating group) is 1. The molecule has 8 atom stereocenters. The van der Waals surface area contributed by atoms with Crippen LogP contribution in [0.5, 0.6) is 0 Å². The molecular weight excluding hydrogens is 707 g/mol. The molecule has 1 aliphatic carbocycles. The maximum atomic E-state index is 13.0. The quantitative estimate of drug-likeness (QED) is 0.0166. The van der Waals surface area contributed by atoms with Gasteiger partial charge in [-0.1, -0.05) is 134 Å². The molecule has 54 heavy (non-hydrogen) atoms. The molecule has 1 amide bonds. The SMILES string of the molecule is CCCCCCCCCCCC/C=C/[C@@H](O)[C@H](COP(=O)(O)OCC[N+](C)(C)C)NC(=O)CCCCCC[C@@H]1[C@@H](/C=C/[C@@H](O)CCCCC)[C@H](O)C[C@@H]1O. The Morgan fingerprint density at radius 2 is 1.41 bits per heavy atom. The highest BCUT2D eigenvalue weighted by atomic mass is 31.2. The Balaban J connectivity index is 2.56. The van der Waals surface area contributed by atoms with E-state index >= 15 is 0 Å². The van der Waals surface area contributed by atoms with Gasteiger partial charge in [-0.25, -0.2) is 4.57 Å². The Hall–Kier alpha value is -1.14. The second-order valence-corrected chi connectivity index (χ2v) is 18.1. The van der Waals surface area contributed by atoms with Crippen molar-refractivity contribution in [3.8, 4) is 0 Å². The number of aliphatic hydroxyl groups is 4. The minimum absolute atomic E-state index is 0.0233. The number of carbonyl (C=O) groups excluding carboxylic acids is 1. The van der Waals surface area contributed by atoms with Gasteiger partial charge in [-0.05, 0) is 38.0 Å². The van der Waals surface area contributed by atoms with Crippen molar-refractivity contribution in [3.63, 3.8) is 0 Å². The van der Waals surface area contributed by atoms with E-state index in [1.165, 1.54) is 51.4 Å². The van der Waals surface area contributed by atoms with E-state index in [9.17, 15) is 34.7 Å². The van der Waals surface area contributed by atoms with E-state index in [2.05, 4.69) is 19.2 Å². The van der Waals surface area contributed by atoms with Gasteiger partial charge in [0.05, 0.1) is 58.2 Å². The summed E-state index contributed by atoms with van der Waals surface area (Å²) in [5, 5.41) is 45.2. The first kappa shape index (κ1) is 50.9. The lowest BCUT2D eigenvalue weighted by Gasteiger charge is -2.25. The lowest BCUT2D eigenvalue weighted by atomic mass is 9.88. The first-order valence-electron chi connectivity index (χ1n) is 21.5. The van der Waals surface area contributed by atoms with Gasteiger partial charge in [0.15, 0.2) is 0 Å². The number of allylic oxidation sites excluding steroid dienone is 1. The zero-order chi connectivity index (χ0) is 40.2. The summed E-state index contributed by atoms with van der Waals surface area (Å²) in [4.78, 5) is 23.2. The second-order valence-electron chi connectivity index (χ2n) is 16.7. The number of carbonyl (C=O) groups is 1. The number of nitrogens with one attached hydrogen (secondary N) is 1. The zero-order valence-electron chi connectivity index (χ0n) is 34.8. The van der Waals surface area contributed by atoms with Crippen LogP contribution in [0.25, 0.3) is 0 Å². The molecule has 12 heteroatoms. The number of quaternary nitrogens is 1. The normalized spacial score (nSPS) is 22.2. The van der Waals surface area contributed by atoms with Crippen LogP contribution in [0.4, 0.5) is 0 Å². The average molecular weight is 790 g/mol. The molecule has 1 unspecified atom stereocenters. The van der Waals surface area contributed by atoms with Gasteiger partial charge in [0, 0.05) is 18.8 Å². The average Bonchev–Trinajstić information content (AvgIpc) is 3.37. The van der Waals surface area contributed by atoms with Crippen molar-refractivity contribution in [2.75, 3.05) is 40.9 Å². The fraction of sp³-hybridized carbons (Fsp3) is 0.881. The van der Waals surface area contributed by atoms with Gasteiger partial charge >= 0.3 is 7.82 Å². The molecule has 0 aromatic rings. The molecule has 0 aromatic carbocycles. The van der Waals surface area contributed by atoms with Crippen LogP contribution in [0.3, 0.4) is 0 Å². The van der Waals surface area contributed by atoms with E-state index in [4.69, 9.17) is 9.05 Å². The largest absolute Gasteiger partial charge is 0.472 e. The number of hydrogen-bond donors (Lipinski definition) is 6. The van der Waals surface area contributed by atoms with Crippen LogP contribution in [-0.2, 0) is 18.4 Å². The number of rotatable bonds is 34. The van der Waals surface area contributed by atoms with Crippen LogP contribution in [0.2, 0.25) is 0 Å². The lowest BCUT2D eigenvalue weighted by Crippen LogP contribution is -2.45. The number of hydrogen-bond acceptors (Lipinski definition) is 8. The van der Waals surface area contributed by atoms with Crippen molar-refractivity contribution in [1.82, 2.24) is 5.32 Å². The third kappa shape index (κ3) is 25.9. The molecule has 0 aliphatic heterocycles. The third-order valence-electron chi connectivity index (χ3n) is 10.5. The Kier molecular flexibility index (Phi) is 28.3. The van der Waals surface area contributed by atoms with Crippen LogP contribution >= 0.6 is 7.82 Å². The van der Waals surface area contributed by atoms with Gasteiger partial charge in [0.25, 0.3) is 0 Å². The molecular formula is C42H82N2O9P+. The molecule has 0 heterocycles. The van der Waals surface area contributed by atoms with E-state index < -0.39 is 38.3 Å². The van der Waals surface area contributed by atoms with Gasteiger partial charge in [-0.2, -0.15) is 0 Å². The number of nitrogens with zero attached hydrogens (tertiary/aromatic N) is 1. The summed E-state index contributed by atoms with van der Waals surface area (Å²) in [6.45, 7) is 4.50. The summed E-state index contributed by atoms with van der Waals surface area (Å²) in [6, 6.07) is -0.922. The highest BCUT2D eigenvalue weighted by Gasteiger charge is 2.39. The Morgan fingerprint density at radius 3 is 2.06 bits per heavy atom. The summed E-state index contributed by atoms with van der Waals surface area (Å²) < 4.78 is 23.5. The van der Waals surface area contributed by atoms with Crippen molar-refractivity contribution in [1.29, 1.82) is 0 Å². The Labute approximate surface area is 329 Å². The van der Waals surface area contributed by atoms with E-state index in [1.807, 2.05) is 33.3 Å². The van der Waals surface area contributed by atoms with Crippen molar-refractivity contribution < 1.29 is 48.2 Å².